The molecule has 19 heavy (non-hydrogen) atoms. The molecule has 2 amide bonds. The Morgan fingerprint density at radius 2 is 1.79 bits per heavy atom. The second-order valence-corrected chi connectivity index (χ2v) is 5.42. The number of nitrogens with one attached hydrogen (secondary N) is 1. The molecule has 0 bridgehead atoms. The second-order valence-electron chi connectivity index (χ2n) is 5.42. The van der Waals surface area contributed by atoms with Gasteiger partial charge in [0, 0.05) is 13.1 Å². The van der Waals surface area contributed by atoms with Gasteiger partial charge in [-0.3, -0.25) is 14.4 Å². The van der Waals surface area contributed by atoms with E-state index in [1.54, 1.807) is 27.7 Å². The molecule has 108 valence electrons. The van der Waals surface area contributed by atoms with E-state index in [2.05, 4.69) is 5.32 Å². The van der Waals surface area contributed by atoms with Gasteiger partial charge in [-0.1, -0.05) is 13.8 Å². The van der Waals surface area contributed by atoms with Gasteiger partial charge in [0.1, 0.15) is 0 Å². The van der Waals surface area contributed by atoms with Crippen molar-refractivity contribution in [2.75, 3.05) is 19.6 Å². The molecule has 0 aromatic rings. The van der Waals surface area contributed by atoms with E-state index in [0.29, 0.717) is 13.1 Å². The fourth-order valence-electron chi connectivity index (χ4n) is 2.53. The number of hydrogen-bond acceptors (Lipinski definition) is 3. The standard InChI is InChI=1S/C13H22N2O4/c1-5-14-8(16)7-15(6-2)11(17)9-10(12(18)19)13(9,3)4/h9-10H,5-7H2,1-4H3,(H,14,16)(H,18,19)/t9-,10+/m0/s1. The molecule has 0 aromatic carbocycles. The van der Waals surface area contributed by atoms with Crippen LogP contribution in [0.15, 0.2) is 0 Å². The van der Waals surface area contributed by atoms with Gasteiger partial charge in [0.05, 0.1) is 18.4 Å². The average molecular weight is 270 g/mol. The first-order chi connectivity index (χ1) is 8.77. The molecular weight excluding hydrogens is 248 g/mol. The highest BCUT2D eigenvalue weighted by molar-refractivity contribution is 5.93. The van der Waals surface area contributed by atoms with E-state index in [0.717, 1.165) is 0 Å². The normalized spacial score (nSPS) is 23.6. The summed E-state index contributed by atoms with van der Waals surface area (Å²) in [6.45, 7) is 8.03. The third kappa shape index (κ3) is 3.05. The monoisotopic (exact) mass is 270 g/mol. The van der Waals surface area contributed by atoms with E-state index in [-0.39, 0.29) is 18.4 Å². The number of hydrogen-bond donors (Lipinski definition) is 2. The number of carboxylic acid groups (broad SMARTS) is 1. The first kappa shape index (κ1) is 15.5. The second kappa shape index (κ2) is 5.59. The number of rotatable bonds is 6. The highest BCUT2D eigenvalue weighted by Gasteiger charge is 2.66. The SMILES string of the molecule is CCNC(=O)CN(CC)C(=O)[C@@H]1[C@H](C(=O)O)C1(C)C. The summed E-state index contributed by atoms with van der Waals surface area (Å²) in [7, 11) is 0. The molecular formula is C13H22N2O4. The first-order valence-corrected chi connectivity index (χ1v) is 6.55. The lowest BCUT2D eigenvalue weighted by molar-refractivity contribution is -0.142. The van der Waals surface area contributed by atoms with Crippen LogP contribution in [0.2, 0.25) is 0 Å². The average Bonchev–Trinajstić information content (AvgIpc) is 2.89. The van der Waals surface area contributed by atoms with Crippen LogP contribution in [0.3, 0.4) is 0 Å². The first-order valence-electron chi connectivity index (χ1n) is 6.55. The van der Waals surface area contributed by atoms with Crippen LogP contribution in [0, 0.1) is 17.3 Å². The zero-order valence-electron chi connectivity index (χ0n) is 11.9. The van der Waals surface area contributed by atoms with Crippen molar-refractivity contribution in [3.05, 3.63) is 0 Å². The zero-order chi connectivity index (χ0) is 14.8. The Labute approximate surface area is 113 Å². The lowest BCUT2D eigenvalue weighted by Gasteiger charge is -2.21. The van der Waals surface area contributed by atoms with Gasteiger partial charge >= 0.3 is 5.97 Å². The number of carbonyl (C=O) groups excluding carboxylic acids is 2. The molecule has 0 heterocycles. The van der Waals surface area contributed by atoms with Crippen molar-refractivity contribution < 1.29 is 19.5 Å². The van der Waals surface area contributed by atoms with E-state index >= 15 is 0 Å². The van der Waals surface area contributed by atoms with E-state index in [4.69, 9.17) is 5.11 Å². The minimum absolute atomic E-state index is 0.0118. The molecule has 2 atom stereocenters. The van der Waals surface area contributed by atoms with Crippen LogP contribution in [0.5, 0.6) is 0 Å². The van der Waals surface area contributed by atoms with E-state index in [1.807, 2.05) is 0 Å². The minimum atomic E-state index is -0.947. The van der Waals surface area contributed by atoms with Crippen molar-refractivity contribution in [3.63, 3.8) is 0 Å². The van der Waals surface area contributed by atoms with Gasteiger partial charge in [0.25, 0.3) is 0 Å². The largest absolute Gasteiger partial charge is 0.481 e. The van der Waals surface area contributed by atoms with Crippen LogP contribution in [0.1, 0.15) is 27.7 Å². The summed E-state index contributed by atoms with van der Waals surface area (Å²) in [4.78, 5) is 36.3. The smallest absolute Gasteiger partial charge is 0.307 e. The summed E-state index contributed by atoms with van der Waals surface area (Å²) in [5.74, 6) is -2.59. The maximum absolute atomic E-state index is 12.3. The Bertz CT molecular complexity index is 392. The molecule has 1 aliphatic carbocycles. The number of likely N-dealkylation sites (N-methyl/N-ethyl adjacent to an activating group) is 2. The lowest BCUT2D eigenvalue weighted by atomic mass is 10.1. The van der Waals surface area contributed by atoms with Gasteiger partial charge < -0.3 is 15.3 Å². The lowest BCUT2D eigenvalue weighted by Crippen LogP contribution is -2.42. The Hall–Kier alpha value is -1.59. The Morgan fingerprint density at radius 1 is 1.21 bits per heavy atom. The van der Waals surface area contributed by atoms with Gasteiger partial charge in [-0.15, -0.1) is 0 Å². The van der Waals surface area contributed by atoms with E-state index in [9.17, 15) is 14.4 Å². The Balaban J connectivity index is 2.70. The van der Waals surface area contributed by atoms with Crippen LogP contribution in [0.25, 0.3) is 0 Å². The van der Waals surface area contributed by atoms with Crippen molar-refractivity contribution in [2.24, 2.45) is 17.3 Å². The minimum Gasteiger partial charge on any atom is -0.481 e. The van der Waals surface area contributed by atoms with Crippen molar-refractivity contribution in [3.8, 4) is 0 Å². The highest BCUT2D eigenvalue weighted by Crippen LogP contribution is 2.58. The Morgan fingerprint density at radius 3 is 2.16 bits per heavy atom. The fraction of sp³-hybridized carbons (Fsp3) is 0.769. The number of aliphatic carboxylic acids is 1. The molecule has 1 aliphatic rings. The Kier molecular flexibility index (Phi) is 4.55. The number of amides is 2. The van der Waals surface area contributed by atoms with Crippen molar-refractivity contribution in [2.45, 2.75) is 27.7 Å². The number of nitrogens with zero attached hydrogens (tertiary/aromatic N) is 1. The van der Waals surface area contributed by atoms with Gasteiger partial charge in [0.2, 0.25) is 11.8 Å². The van der Waals surface area contributed by atoms with Crippen LogP contribution < -0.4 is 5.32 Å². The van der Waals surface area contributed by atoms with Crippen molar-refractivity contribution in [1.29, 1.82) is 0 Å². The van der Waals surface area contributed by atoms with Crippen molar-refractivity contribution in [1.82, 2.24) is 10.2 Å². The molecule has 0 radical (unpaired) electrons. The third-order valence-electron chi connectivity index (χ3n) is 3.76. The molecule has 0 spiro atoms. The maximum atomic E-state index is 12.3. The predicted molar refractivity (Wildman–Crippen MR) is 69.3 cm³/mol. The topological polar surface area (TPSA) is 86.7 Å². The summed E-state index contributed by atoms with van der Waals surface area (Å²) in [6, 6.07) is 0. The van der Waals surface area contributed by atoms with Gasteiger partial charge in [-0.05, 0) is 19.3 Å². The van der Waals surface area contributed by atoms with Gasteiger partial charge in [-0.2, -0.15) is 0 Å². The van der Waals surface area contributed by atoms with Gasteiger partial charge in [0.15, 0.2) is 0 Å². The molecule has 2 N–H and O–H groups in total. The molecule has 0 unspecified atom stereocenters. The van der Waals surface area contributed by atoms with Crippen LogP contribution in [-0.4, -0.2) is 47.4 Å². The summed E-state index contributed by atoms with van der Waals surface area (Å²) in [5.41, 5.74) is -0.530. The molecule has 1 fully saturated rings. The third-order valence-corrected chi connectivity index (χ3v) is 3.76. The predicted octanol–water partition coefficient (Wildman–Crippen LogP) is 0.328. The maximum Gasteiger partial charge on any atom is 0.307 e. The zero-order valence-corrected chi connectivity index (χ0v) is 11.9. The quantitative estimate of drug-likeness (QED) is 0.728. The molecule has 0 aliphatic heterocycles. The van der Waals surface area contributed by atoms with Crippen LogP contribution in [0.4, 0.5) is 0 Å². The van der Waals surface area contributed by atoms with Crippen molar-refractivity contribution >= 4 is 17.8 Å². The molecule has 1 saturated carbocycles. The fourth-order valence-corrected chi connectivity index (χ4v) is 2.53. The van der Waals surface area contributed by atoms with Crippen LogP contribution in [-0.2, 0) is 14.4 Å². The van der Waals surface area contributed by atoms with E-state index < -0.39 is 23.2 Å². The van der Waals surface area contributed by atoms with Gasteiger partial charge in [-0.25, -0.2) is 0 Å². The van der Waals surface area contributed by atoms with Crippen LogP contribution >= 0.6 is 0 Å². The molecule has 6 nitrogen and oxygen atoms in total. The molecule has 0 aromatic heterocycles. The summed E-state index contributed by atoms with van der Waals surface area (Å²) < 4.78 is 0. The highest BCUT2D eigenvalue weighted by atomic mass is 16.4. The number of carboxylic acids is 1. The summed E-state index contributed by atoms with van der Waals surface area (Å²) in [5, 5.41) is 11.7. The van der Waals surface area contributed by atoms with E-state index in [1.165, 1.54) is 4.90 Å². The molecule has 0 saturated heterocycles. The molecule has 6 heteroatoms. The molecule has 1 rings (SSSR count). The summed E-state index contributed by atoms with van der Waals surface area (Å²) in [6.07, 6.45) is 0. The summed E-state index contributed by atoms with van der Waals surface area (Å²) >= 11 is 0. The number of carbonyl (C=O) groups is 3.